The number of benzene rings is 1. The summed E-state index contributed by atoms with van der Waals surface area (Å²) in [7, 11) is 0. The lowest BCUT2D eigenvalue weighted by Gasteiger charge is -2.04. The van der Waals surface area contributed by atoms with Gasteiger partial charge in [0, 0.05) is 5.69 Å². The molecule has 0 bridgehead atoms. The van der Waals surface area contributed by atoms with Crippen molar-refractivity contribution in [2.75, 3.05) is 0 Å². The summed E-state index contributed by atoms with van der Waals surface area (Å²) in [6, 6.07) is 7.87. The van der Waals surface area contributed by atoms with Crippen molar-refractivity contribution in [2.45, 2.75) is 13.5 Å². The third kappa shape index (κ3) is 1.84. The van der Waals surface area contributed by atoms with Crippen molar-refractivity contribution in [3.63, 3.8) is 0 Å². The minimum Gasteiger partial charge on any atom is -0.388 e. The van der Waals surface area contributed by atoms with E-state index >= 15 is 0 Å². The fraction of sp³-hybridized carbons (Fsp3) is 0.200. The molecule has 2 N–H and O–H groups in total. The summed E-state index contributed by atoms with van der Waals surface area (Å²) in [5.41, 5.74) is 2.09. The molecular formula is C10H11N3OS. The van der Waals surface area contributed by atoms with Gasteiger partial charge >= 0.3 is 0 Å². The largest absolute Gasteiger partial charge is 0.388 e. The Morgan fingerprint density at radius 3 is 2.67 bits per heavy atom. The van der Waals surface area contributed by atoms with Crippen LogP contribution < -0.4 is 0 Å². The lowest BCUT2D eigenvalue weighted by Crippen LogP contribution is -2.01. The van der Waals surface area contributed by atoms with E-state index in [1.807, 2.05) is 31.2 Å². The molecule has 15 heavy (non-hydrogen) atoms. The summed E-state index contributed by atoms with van der Waals surface area (Å²) < 4.78 is 2.21. The number of nitrogens with one attached hydrogen (secondary N) is 1. The zero-order valence-electron chi connectivity index (χ0n) is 8.27. The highest BCUT2D eigenvalue weighted by Crippen LogP contribution is 2.11. The number of rotatable bonds is 2. The molecular weight excluding hydrogens is 210 g/mol. The van der Waals surface area contributed by atoms with Crippen molar-refractivity contribution < 1.29 is 5.11 Å². The van der Waals surface area contributed by atoms with E-state index in [9.17, 15) is 0 Å². The molecule has 78 valence electrons. The van der Waals surface area contributed by atoms with Crippen LogP contribution in [0.5, 0.6) is 0 Å². The Balaban J connectivity index is 2.57. The standard InChI is InChI=1S/C10H11N3OS/c1-7-2-4-8(5-3-7)13-9(6-14)11-12-10(13)15/h2-5,14H,6H2,1H3,(H,12,15). The maximum Gasteiger partial charge on any atom is 0.199 e. The van der Waals surface area contributed by atoms with Crippen LogP contribution in [0, 0.1) is 11.7 Å². The van der Waals surface area contributed by atoms with Crippen LogP contribution in [0.25, 0.3) is 5.69 Å². The van der Waals surface area contributed by atoms with E-state index in [-0.39, 0.29) is 6.61 Å². The number of H-pyrrole nitrogens is 1. The van der Waals surface area contributed by atoms with Gasteiger partial charge < -0.3 is 5.11 Å². The molecule has 0 aliphatic carbocycles. The summed E-state index contributed by atoms with van der Waals surface area (Å²) in [5, 5.41) is 15.7. The summed E-state index contributed by atoms with van der Waals surface area (Å²) >= 11 is 5.09. The number of hydrogen-bond donors (Lipinski definition) is 2. The van der Waals surface area contributed by atoms with Crippen molar-refractivity contribution in [1.82, 2.24) is 14.8 Å². The van der Waals surface area contributed by atoms with Gasteiger partial charge in [0.15, 0.2) is 10.6 Å². The van der Waals surface area contributed by atoms with Gasteiger partial charge in [0.05, 0.1) is 0 Å². The van der Waals surface area contributed by atoms with Crippen LogP contribution in [0.4, 0.5) is 0 Å². The van der Waals surface area contributed by atoms with Crippen molar-refractivity contribution in [2.24, 2.45) is 0 Å². The van der Waals surface area contributed by atoms with Crippen molar-refractivity contribution in [1.29, 1.82) is 0 Å². The second-order valence-corrected chi connectivity index (χ2v) is 3.66. The number of aliphatic hydroxyl groups excluding tert-OH is 1. The van der Waals surface area contributed by atoms with Gasteiger partial charge in [-0.3, -0.25) is 9.67 Å². The molecule has 0 fully saturated rings. The average Bonchev–Trinajstić information content (AvgIpc) is 2.61. The molecule has 0 amide bonds. The SMILES string of the molecule is Cc1ccc(-n2c(CO)n[nH]c2=S)cc1. The van der Waals surface area contributed by atoms with E-state index in [0.29, 0.717) is 10.6 Å². The Bertz CT molecular complexity index is 512. The minimum atomic E-state index is -0.138. The molecule has 4 nitrogen and oxygen atoms in total. The molecule has 1 heterocycles. The molecule has 2 rings (SSSR count). The first kappa shape index (κ1) is 10.1. The number of aliphatic hydroxyl groups is 1. The quantitative estimate of drug-likeness (QED) is 0.759. The van der Waals surface area contributed by atoms with Gasteiger partial charge in [0.25, 0.3) is 0 Å². The second-order valence-electron chi connectivity index (χ2n) is 3.27. The van der Waals surface area contributed by atoms with E-state index < -0.39 is 0 Å². The fourth-order valence-corrected chi connectivity index (χ4v) is 1.65. The summed E-state index contributed by atoms with van der Waals surface area (Å²) in [5.74, 6) is 0.517. The predicted octanol–water partition coefficient (Wildman–Crippen LogP) is 1.73. The third-order valence-electron chi connectivity index (χ3n) is 2.18. The van der Waals surface area contributed by atoms with Crippen LogP contribution in [0.3, 0.4) is 0 Å². The Morgan fingerprint density at radius 1 is 1.40 bits per heavy atom. The van der Waals surface area contributed by atoms with E-state index in [1.54, 1.807) is 4.57 Å². The zero-order chi connectivity index (χ0) is 10.8. The van der Waals surface area contributed by atoms with Crippen molar-refractivity contribution >= 4 is 12.2 Å². The molecule has 2 aromatic rings. The first-order valence-corrected chi connectivity index (χ1v) is 4.97. The third-order valence-corrected chi connectivity index (χ3v) is 2.45. The molecule has 0 saturated carbocycles. The molecule has 0 spiro atoms. The minimum absolute atomic E-state index is 0.138. The summed E-state index contributed by atoms with van der Waals surface area (Å²) in [6.07, 6.45) is 0. The molecule has 1 aromatic carbocycles. The van der Waals surface area contributed by atoms with Crippen molar-refractivity contribution in [3.05, 3.63) is 40.4 Å². The van der Waals surface area contributed by atoms with Gasteiger partial charge in [-0.05, 0) is 31.3 Å². The lowest BCUT2D eigenvalue weighted by atomic mass is 10.2. The average molecular weight is 221 g/mol. The highest BCUT2D eigenvalue weighted by molar-refractivity contribution is 7.71. The molecule has 5 heteroatoms. The van der Waals surface area contributed by atoms with Gasteiger partial charge in [0.1, 0.15) is 6.61 Å². The Kier molecular flexibility index (Phi) is 2.66. The van der Waals surface area contributed by atoms with E-state index in [0.717, 1.165) is 5.69 Å². The monoisotopic (exact) mass is 221 g/mol. The molecule has 0 aliphatic rings. The predicted molar refractivity (Wildman–Crippen MR) is 59.4 cm³/mol. The topological polar surface area (TPSA) is 53.8 Å². The number of aromatic amines is 1. The van der Waals surface area contributed by atoms with Crippen LogP contribution in [0.1, 0.15) is 11.4 Å². The van der Waals surface area contributed by atoms with Gasteiger partial charge in [-0.1, -0.05) is 17.7 Å². The highest BCUT2D eigenvalue weighted by atomic mass is 32.1. The summed E-state index contributed by atoms with van der Waals surface area (Å²) in [4.78, 5) is 0. The number of nitrogens with zero attached hydrogens (tertiary/aromatic N) is 2. The van der Waals surface area contributed by atoms with E-state index in [4.69, 9.17) is 17.3 Å². The zero-order valence-corrected chi connectivity index (χ0v) is 9.08. The fourth-order valence-electron chi connectivity index (χ4n) is 1.40. The first-order chi connectivity index (χ1) is 7.22. The van der Waals surface area contributed by atoms with Gasteiger partial charge in [-0.25, -0.2) is 0 Å². The molecule has 0 aliphatic heterocycles. The van der Waals surface area contributed by atoms with Gasteiger partial charge in [0.2, 0.25) is 0 Å². The number of aromatic nitrogens is 3. The Labute approximate surface area is 92.2 Å². The lowest BCUT2D eigenvalue weighted by molar-refractivity contribution is 0.269. The smallest absolute Gasteiger partial charge is 0.199 e. The molecule has 1 aromatic heterocycles. The van der Waals surface area contributed by atoms with Crippen LogP contribution in [0.15, 0.2) is 24.3 Å². The maximum absolute atomic E-state index is 9.10. The highest BCUT2D eigenvalue weighted by Gasteiger charge is 2.06. The van der Waals surface area contributed by atoms with Crippen LogP contribution in [-0.2, 0) is 6.61 Å². The first-order valence-electron chi connectivity index (χ1n) is 4.56. The van der Waals surface area contributed by atoms with Crippen LogP contribution >= 0.6 is 12.2 Å². The number of aryl methyl sites for hydroxylation is 1. The van der Waals surface area contributed by atoms with Crippen LogP contribution in [0.2, 0.25) is 0 Å². The van der Waals surface area contributed by atoms with Gasteiger partial charge in [-0.15, -0.1) is 0 Å². The van der Waals surface area contributed by atoms with E-state index in [2.05, 4.69) is 10.2 Å². The normalized spacial score (nSPS) is 10.5. The number of hydrogen-bond acceptors (Lipinski definition) is 3. The molecule has 0 radical (unpaired) electrons. The molecule has 0 unspecified atom stereocenters. The molecule has 0 saturated heterocycles. The summed E-state index contributed by atoms with van der Waals surface area (Å²) in [6.45, 7) is 1.88. The van der Waals surface area contributed by atoms with Crippen molar-refractivity contribution in [3.8, 4) is 5.69 Å². The van der Waals surface area contributed by atoms with Gasteiger partial charge in [-0.2, -0.15) is 5.10 Å². The Morgan fingerprint density at radius 2 is 2.07 bits per heavy atom. The van der Waals surface area contributed by atoms with Crippen LogP contribution in [-0.4, -0.2) is 19.9 Å². The Hall–Kier alpha value is -1.46. The maximum atomic E-state index is 9.10. The van der Waals surface area contributed by atoms with E-state index in [1.165, 1.54) is 5.56 Å². The molecule has 0 atom stereocenters. The second kappa shape index (κ2) is 3.96.